The molecule has 1 heterocycles. The molecule has 1 amide bonds. The van der Waals surface area contributed by atoms with E-state index < -0.39 is 0 Å². The second-order valence-corrected chi connectivity index (χ2v) is 4.66. The van der Waals surface area contributed by atoms with E-state index in [1.54, 1.807) is 0 Å². The first-order chi connectivity index (χ1) is 7.49. The van der Waals surface area contributed by atoms with Crippen LogP contribution >= 0.6 is 0 Å². The average molecular weight is 223 g/mol. The first-order valence-electron chi connectivity index (χ1n) is 5.80. The summed E-state index contributed by atoms with van der Waals surface area (Å²) < 4.78 is 1.83. The minimum atomic E-state index is 0.0802. The van der Waals surface area contributed by atoms with Crippen molar-refractivity contribution in [2.45, 2.75) is 52.6 Å². The smallest absolute Gasteiger partial charge is 0.222 e. The third-order valence-electron chi connectivity index (χ3n) is 2.34. The molecule has 1 aromatic heterocycles. The van der Waals surface area contributed by atoms with Crippen LogP contribution in [0.1, 0.15) is 45.6 Å². The second kappa shape index (κ2) is 5.68. The van der Waals surface area contributed by atoms with E-state index in [0.29, 0.717) is 18.9 Å². The lowest BCUT2D eigenvalue weighted by molar-refractivity contribution is -0.121. The maximum Gasteiger partial charge on any atom is 0.222 e. The highest BCUT2D eigenvalue weighted by molar-refractivity contribution is 5.76. The molecular weight excluding hydrogens is 202 g/mol. The van der Waals surface area contributed by atoms with Gasteiger partial charge in [0.2, 0.25) is 5.91 Å². The summed E-state index contributed by atoms with van der Waals surface area (Å²) in [6.07, 6.45) is 4.36. The summed E-state index contributed by atoms with van der Waals surface area (Å²) in [5.41, 5.74) is 1.21. The lowest BCUT2D eigenvalue weighted by Crippen LogP contribution is -2.30. The van der Waals surface area contributed by atoms with E-state index in [1.165, 1.54) is 5.56 Å². The molecule has 0 spiro atoms. The number of nitrogens with zero attached hydrogens (tertiary/aromatic N) is 2. The molecule has 0 aliphatic heterocycles. The van der Waals surface area contributed by atoms with Gasteiger partial charge in [0.05, 0.1) is 6.20 Å². The van der Waals surface area contributed by atoms with E-state index in [9.17, 15) is 4.79 Å². The van der Waals surface area contributed by atoms with Crippen LogP contribution in [0.4, 0.5) is 0 Å². The summed E-state index contributed by atoms with van der Waals surface area (Å²) in [5.74, 6) is 0.565. The van der Waals surface area contributed by atoms with Crippen molar-refractivity contribution < 1.29 is 4.79 Å². The maximum atomic E-state index is 11.4. The number of hydrogen-bond donors (Lipinski definition) is 1. The van der Waals surface area contributed by atoms with E-state index >= 15 is 0 Å². The van der Waals surface area contributed by atoms with Gasteiger partial charge >= 0.3 is 0 Å². The minimum Gasteiger partial charge on any atom is -0.354 e. The van der Waals surface area contributed by atoms with Gasteiger partial charge in [0, 0.05) is 25.2 Å². The molecule has 4 nitrogen and oxygen atoms in total. The van der Waals surface area contributed by atoms with Crippen molar-refractivity contribution in [2.24, 2.45) is 0 Å². The SMILES string of the molecule is CC(C)NC(=O)CCn1cc(C(C)C)cn1. The number of carbonyl (C=O) groups is 1. The Morgan fingerprint density at radius 1 is 1.44 bits per heavy atom. The zero-order valence-corrected chi connectivity index (χ0v) is 10.5. The molecule has 4 heteroatoms. The van der Waals surface area contributed by atoms with Gasteiger partial charge in [-0.05, 0) is 25.3 Å². The van der Waals surface area contributed by atoms with Crippen LogP contribution in [-0.4, -0.2) is 21.7 Å². The Bertz CT molecular complexity index is 342. The Hall–Kier alpha value is -1.32. The van der Waals surface area contributed by atoms with Crippen molar-refractivity contribution in [1.29, 1.82) is 0 Å². The largest absolute Gasteiger partial charge is 0.354 e. The summed E-state index contributed by atoms with van der Waals surface area (Å²) in [7, 11) is 0. The standard InChI is InChI=1S/C12H21N3O/c1-9(2)11-7-13-15(8-11)6-5-12(16)14-10(3)4/h7-10H,5-6H2,1-4H3,(H,14,16). The molecule has 1 N–H and O–H groups in total. The van der Waals surface area contributed by atoms with Crippen LogP contribution in [0.3, 0.4) is 0 Å². The summed E-state index contributed by atoms with van der Waals surface area (Å²) in [6, 6.07) is 0.205. The van der Waals surface area contributed by atoms with Gasteiger partial charge in [-0.2, -0.15) is 5.10 Å². The number of carbonyl (C=O) groups excluding carboxylic acids is 1. The highest BCUT2D eigenvalue weighted by atomic mass is 16.1. The normalized spacial score (nSPS) is 11.1. The highest BCUT2D eigenvalue weighted by Crippen LogP contribution is 2.12. The Kier molecular flexibility index (Phi) is 4.52. The van der Waals surface area contributed by atoms with Crippen molar-refractivity contribution in [2.75, 3.05) is 0 Å². The molecule has 0 unspecified atom stereocenters. The quantitative estimate of drug-likeness (QED) is 0.829. The van der Waals surface area contributed by atoms with Crippen LogP contribution in [0, 0.1) is 0 Å². The third-order valence-corrected chi connectivity index (χ3v) is 2.34. The molecule has 16 heavy (non-hydrogen) atoms. The molecule has 0 saturated heterocycles. The molecule has 0 aromatic carbocycles. The first kappa shape index (κ1) is 12.7. The molecular formula is C12H21N3O. The Balaban J connectivity index is 2.39. The van der Waals surface area contributed by atoms with Crippen molar-refractivity contribution in [3.05, 3.63) is 18.0 Å². The van der Waals surface area contributed by atoms with Crippen molar-refractivity contribution in [1.82, 2.24) is 15.1 Å². The van der Waals surface area contributed by atoms with Crippen LogP contribution in [-0.2, 0) is 11.3 Å². The average Bonchev–Trinajstić information content (AvgIpc) is 2.61. The van der Waals surface area contributed by atoms with Crippen LogP contribution in [0.25, 0.3) is 0 Å². The fourth-order valence-corrected chi connectivity index (χ4v) is 1.41. The van der Waals surface area contributed by atoms with Crippen molar-refractivity contribution in [3.8, 4) is 0 Å². The van der Waals surface area contributed by atoms with Crippen LogP contribution in [0.5, 0.6) is 0 Å². The molecule has 0 aliphatic carbocycles. The second-order valence-electron chi connectivity index (χ2n) is 4.66. The molecule has 0 aliphatic rings. The van der Waals surface area contributed by atoms with Gasteiger partial charge in [0.1, 0.15) is 0 Å². The van der Waals surface area contributed by atoms with Gasteiger partial charge in [0.15, 0.2) is 0 Å². The Morgan fingerprint density at radius 3 is 2.62 bits per heavy atom. The van der Waals surface area contributed by atoms with Gasteiger partial charge in [-0.25, -0.2) is 0 Å². The molecule has 0 radical (unpaired) electrons. The van der Waals surface area contributed by atoms with Crippen molar-refractivity contribution in [3.63, 3.8) is 0 Å². The molecule has 0 saturated carbocycles. The maximum absolute atomic E-state index is 11.4. The lowest BCUT2D eigenvalue weighted by atomic mass is 10.1. The minimum absolute atomic E-state index is 0.0802. The van der Waals surface area contributed by atoms with E-state index in [1.807, 2.05) is 30.9 Å². The summed E-state index contributed by atoms with van der Waals surface area (Å²) in [6.45, 7) is 8.83. The lowest BCUT2D eigenvalue weighted by Gasteiger charge is -2.07. The molecule has 0 bridgehead atoms. The molecule has 1 rings (SSSR count). The number of amides is 1. The summed E-state index contributed by atoms with van der Waals surface area (Å²) in [5, 5.41) is 7.09. The molecule has 0 atom stereocenters. The number of aryl methyl sites for hydroxylation is 1. The first-order valence-corrected chi connectivity index (χ1v) is 5.80. The Morgan fingerprint density at radius 2 is 2.12 bits per heavy atom. The predicted octanol–water partition coefficient (Wildman–Crippen LogP) is 1.92. The number of rotatable bonds is 5. The van der Waals surface area contributed by atoms with E-state index in [0.717, 1.165) is 0 Å². The predicted molar refractivity (Wildman–Crippen MR) is 64.2 cm³/mol. The van der Waals surface area contributed by atoms with Gasteiger partial charge in [-0.1, -0.05) is 13.8 Å². The van der Waals surface area contributed by atoms with Gasteiger partial charge in [-0.3, -0.25) is 9.48 Å². The van der Waals surface area contributed by atoms with Crippen LogP contribution in [0.15, 0.2) is 12.4 Å². The Labute approximate surface area is 97.0 Å². The van der Waals surface area contributed by atoms with E-state index in [-0.39, 0.29) is 11.9 Å². The number of aromatic nitrogens is 2. The van der Waals surface area contributed by atoms with Crippen LogP contribution in [0.2, 0.25) is 0 Å². The highest BCUT2D eigenvalue weighted by Gasteiger charge is 2.06. The molecule has 1 aromatic rings. The van der Waals surface area contributed by atoms with Gasteiger partial charge < -0.3 is 5.32 Å². The van der Waals surface area contributed by atoms with Crippen molar-refractivity contribution >= 4 is 5.91 Å². The fourth-order valence-electron chi connectivity index (χ4n) is 1.41. The van der Waals surface area contributed by atoms with E-state index in [2.05, 4.69) is 24.3 Å². The third kappa shape index (κ3) is 4.04. The van der Waals surface area contributed by atoms with Gasteiger partial charge in [0.25, 0.3) is 0 Å². The molecule has 90 valence electrons. The van der Waals surface area contributed by atoms with Crippen LogP contribution < -0.4 is 5.32 Å². The topological polar surface area (TPSA) is 46.9 Å². The van der Waals surface area contributed by atoms with E-state index in [4.69, 9.17) is 0 Å². The summed E-state index contributed by atoms with van der Waals surface area (Å²) in [4.78, 5) is 11.4. The number of nitrogens with one attached hydrogen (secondary N) is 1. The summed E-state index contributed by atoms with van der Waals surface area (Å²) >= 11 is 0. The zero-order valence-electron chi connectivity index (χ0n) is 10.5. The molecule has 0 fully saturated rings. The number of hydrogen-bond acceptors (Lipinski definition) is 2. The fraction of sp³-hybridized carbons (Fsp3) is 0.667. The van der Waals surface area contributed by atoms with Gasteiger partial charge in [-0.15, -0.1) is 0 Å². The zero-order chi connectivity index (χ0) is 12.1. The monoisotopic (exact) mass is 223 g/mol.